The maximum atomic E-state index is 13.3. The van der Waals surface area contributed by atoms with Crippen LogP contribution in [0.15, 0.2) is 24.3 Å². The molecule has 2 amide bonds. The summed E-state index contributed by atoms with van der Waals surface area (Å²) in [7, 11) is 2.14. The molecule has 152 valence electrons. The molecule has 1 N–H and O–H groups in total. The first kappa shape index (κ1) is 19.2. The third-order valence-electron chi connectivity index (χ3n) is 6.25. The quantitative estimate of drug-likeness (QED) is 0.866. The molecule has 1 saturated carbocycles. The lowest BCUT2D eigenvalue weighted by molar-refractivity contribution is -0.139. The van der Waals surface area contributed by atoms with Gasteiger partial charge in [-0.05, 0) is 52.3 Å². The van der Waals surface area contributed by atoms with Crippen molar-refractivity contribution in [3.8, 4) is 5.75 Å². The van der Waals surface area contributed by atoms with Gasteiger partial charge in [-0.15, -0.1) is 0 Å². The van der Waals surface area contributed by atoms with Gasteiger partial charge < -0.3 is 19.9 Å². The number of para-hydroxylation sites is 1. The van der Waals surface area contributed by atoms with Crippen molar-refractivity contribution in [1.29, 1.82) is 0 Å². The second-order valence-electron chi connectivity index (χ2n) is 8.75. The van der Waals surface area contributed by atoms with E-state index in [2.05, 4.69) is 17.3 Å². The lowest BCUT2D eigenvalue weighted by atomic mass is 9.93. The van der Waals surface area contributed by atoms with Gasteiger partial charge in [-0.3, -0.25) is 9.59 Å². The summed E-state index contributed by atoms with van der Waals surface area (Å²) in [5.74, 6) is 0.980. The van der Waals surface area contributed by atoms with Gasteiger partial charge in [0.15, 0.2) is 0 Å². The van der Waals surface area contributed by atoms with Crippen molar-refractivity contribution in [2.24, 2.45) is 5.92 Å². The van der Waals surface area contributed by atoms with E-state index in [0.717, 1.165) is 56.5 Å². The van der Waals surface area contributed by atoms with Crippen molar-refractivity contribution in [2.45, 2.75) is 57.2 Å². The Hall–Kier alpha value is -2.08. The Morgan fingerprint density at radius 3 is 2.79 bits per heavy atom. The molecule has 0 bridgehead atoms. The summed E-state index contributed by atoms with van der Waals surface area (Å²) < 4.78 is 6.60. The number of hydrogen-bond donors (Lipinski definition) is 1. The number of carbonyl (C=O) groups excluding carboxylic acids is 2. The fourth-order valence-corrected chi connectivity index (χ4v) is 4.34. The standard InChI is InChI=1S/C22H31N3O3/c1-16(23-20(26)17-8-9-17)21(27)25-14-18-6-3-4-7-19(18)28-22(15-25)10-5-12-24(2)13-11-22/h3-4,6-7,16-17H,5,8-15H2,1-2H3,(H,23,26). The van der Waals surface area contributed by atoms with Crippen LogP contribution in [0.3, 0.4) is 0 Å². The van der Waals surface area contributed by atoms with Gasteiger partial charge in [-0.2, -0.15) is 0 Å². The summed E-state index contributed by atoms with van der Waals surface area (Å²) in [6, 6.07) is 7.51. The molecule has 1 aliphatic carbocycles. The van der Waals surface area contributed by atoms with Gasteiger partial charge in [0.25, 0.3) is 0 Å². The van der Waals surface area contributed by atoms with E-state index in [-0.39, 0.29) is 23.3 Å². The van der Waals surface area contributed by atoms with Crippen LogP contribution in [0.25, 0.3) is 0 Å². The fraction of sp³-hybridized carbons (Fsp3) is 0.636. The van der Waals surface area contributed by atoms with Crippen molar-refractivity contribution in [3.63, 3.8) is 0 Å². The summed E-state index contributed by atoms with van der Waals surface area (Å²) in [4.78, 5) is 29.6. The van der Waals surface area contributed by atoms with Crippen LogP contribution in [0.2, 0.25) is 0 Å². The topological polar surface area (TPSA) is 61.9 Å². The van der Waals surface area contributed by atoms with Crippen LogP contribution in [0.4, 0.5) is 0 Å². The highest BCUT2D eigenvalue weighted by molar-refractivity contribution is 5.89. The highest BCUT2D eigenvalue weighted by atomic mass is 16.5. The molecule has 1 saturated heterocycles. The Balaban J connectivity index is 1.57. The molecule has 0 aromatic heterocycles. The van der Waals surface area contributed by atoms with Crippen molar-refractivity contribution < 1.29 is 14.3 Å². The lowest BCUT2D eigenvalue weighted by Crippen LogP contribution is -2.53. The molecule has 1 spiro atoms. The van der Waals surface area contributed by atoms with E-state index in [4.69, 9.17) is 4.74 Å². The molecule has 6 heteroatoms. The molecule has 1 aromatic rings. The zero-order valence-electron chi connectivity index (χ0n) is 16.9. The summed E-state index contributed by atoms with van der Waals surface area (Å²) in [6.07, 6.45) is 4.75. The maximum absolute atomic E-state index is 13.3. The van der Waals surface area contributed by atoms with Crippen molar-refractivity contribution >= 4 is 11.8 Å². The molecule has 1 aromatic carbocycles. The number of nitrogens with one attached hydrogen (secondary N) is 1. The molecule has 2 unspecified atom stereocenters. The minimum Gasteiger partial charge on any atom is -0.485 e. The van der Waals surface area contributed by atoms with Gasteiger partial charge in [-0.1, -0.05) is 18.2 Å². The van der Waals surface area contributed by atoms with Gasteiger partial charge in [0.05, 0.1) is 6.54 Å². The molecule has 28 heavy (non-hydrogen) atoms. The molecular formula is C22H31N3O3. The minimum atomic E-state index is -0.510. The summed E-state index contributed by atoms with van der Waals surface area (Å²) in [6.45, 7) is 4.90. The summed E-state index contributed by atoms with van der Waals surface area (Å²) in [5.41, 5.74) is 0.666. The van der Waals surface area contributed by atoms with Crippen molar-refractivity contribution in [1.82, 2.24) is 15.1 Å². The van der Waals surface area contributed by atoms with Crippen LogP contribution in [0.5, 0.6) is 5.75 Å². The summed E-state index contributed by atoms with van der Waals surface area (Å²) in [5, 5.41) is 2.91. The van der Waals surface area contributed by atoms with E-state index in [9.17, 15) is 9.59 Å². The average molecular weight is 386 g/mol. The van der Waals surface area contributed by atoms with E-state index >= 15 is 0 Å². The normalized spacial score (nSPS) is 26.6. The predicted octanol–water partition coefficient (Wildman–Crippen LogP) is 2.18. The SMILES string of the molecule is CC(NC(=O)C1CC1)C(=O)N1Cc2ccccc2OC2(CCCN(C)CC2)C1. The fourth-order valence-electron chi connectivity index (χ4n) is 4.34. The largest absolute Gasteiger partial charge is 0.485 e. The average Bonchev–Trinajstić information content (AvgIpc) is 3.52. The third-order valence-corrected chi connectivity index (χ3v) is 6.25. The van der Waals surface area contributed by atoms with Crippen LogP contribution in [-0.4, -0.2) is 59.9 Å². The van der Waals surface area contributed by atoms with Crippen LogP contribution in [0, 0.1) is 5.92 Å². The lowest BCUT2D eigenvalue weighted by Gasteiger charge is -2.36. The van der Waals surface area contributed by atoms with Gasteiger partial charge in [0, 0.05) is 31.0 Å². The third kappa shape index (κ3) is 4.17. The first-order chi connectivity index (χ1) is 13.5. The van der Waals surface area contributed by atoms with Gasteiger partial charge in [0.1, 0.15) is 17.4 Å². The van der Waals surface area contributed by atoms with Gasteiger partial charge in [0.2, 0.25) is 11.8 Å². The Bertz CT molecular complexity index is 748. The maximum Gasteiger partial charge on any atom is 0.245 e. The Labute approximate surface area is 167 Å². The Kier molecular flexibility index (Phi) is 5.32. The molecule has 2 aliphatic heterocycles. The second kappa shape index (κ2) is 7.74. The number of likely N-dealkylation sites (tertiary alicyclic amines) is 1. The molecule has 0 radical (unpaired) electrons. The van der Waals surface area contributed by atoms with E-state index in [1.807, 2.05) is 29.2 Å². The molecule has 4 rings (SSSR count). The first-order valence-electron chi connectivity index (χ1n) is 10.5. The number of hydrogen-bond acceptors (Lipinski definition) is 4. The van der Waals surface area contributed by atoms with Gasteiger partial charge >= 0.3 is 0 Å². The van der Waals surface area contributed by atoms with E-state index < -0.39 is 6.04 Å². The predicted molar refractivity (Wildman–Crippen MR) is 107 cm³/mol. The second-order valence-corrected chi connectivity index (χ2v) is 8.75. The van der Waals surface area contributed by atoms with E-state index in [1.165, 1.54) is 0 Å². The molecule has 2 atom stereocenters. The van der Waals surface area contributed by atoms with Crippen molar-refractivity contribution in [2.75, 3.05) is 26.7 Å². The van der Waals surface area contributed by atoms with Crippen LogP contribution < -0.4 is 10.1 Å². The van der Waals surface area contributed by atoms with E-state index in [1.54, 1.807) is 6.92 Å². The zero-order valence-corrected chi connectivity index (χ0v) is 16.9. The Morgan fingerprint density at radius 2 is 2.00 bits per heavy atom. The number of fused-ring (bicyclic) bond motifs is 1. The zero-order chi connectivity index (χ0) is 19.7. The van der Waals surface area contributed by atoms with Crippen LogP contribution >= 0.6 is 0 Å². The van der Waals surface area contributed by atoms with E-state index in [0.29, 0.717) is 13.1 Å². The number of ether oxygens (including phenoxy) is 1. The number of carbonyl (C=O) groups is 2. The van der Waals surface area contributed by atoms with Crippen molar-refractivity contribution in [3.05, 3.63) is 29.8 Å². The van der Waals surface area contributed by atoms with Gasteiger partial charge in [-0.25, -0.2) is 0 Å². The molecule has 3 aliphatic rings. The molecule has 2 fully saturated rings. The number of rotatable bonds is 3. The Morgan fingerprint density at radius 1 is 1.21 bits per heavy atom. The monoisotopic (exact) mass is 385 g/mol. The number of nitrogens with zero attached hydrogens (tertiary/aromatic N) is 2. The number of amides is 2. The minimum absolute atomic E-state index is 0.0122. The smallest absolute Gasteiger partial charge is 0.245 e. The molecular weight excluding hydrogens is 354 g/mol. The van der Waals surface area contributed by atoms with Crippen LogP contribution in [-0.2, 0) is 16.1 Å². The molecule has 2 heterocycles. The highest BCUT2D eigenvalue weighted by Gasteiger charge is 2.41. The number of benzene rings is 1. The highest BCUT2D eigenvalue weighted by Crippen LogP contribution is 2.35. The molecule has 6 nitrogen and oxygen atoms in total. The summed E-state index contributed by atoms with van der Waals surface area (Å²) >= 11 is 0. The van der Waals surface area contributed by atoms with Crippen LogP contribution in [0.1, 0.15) is 44.6 Å². The first-order valence-corrected chi connectivity index (χ1v) is 10.5.